The molecule has 4 nitrogen and oxygen atoms in total. The minimum atomic E-state index is 0.356. The van der Waals surface area contributed by atoms with Crippen LogP contribution >= 0.6 is 23.2 Å². The lowest BCUT2D eigenvalue weighted by molar-refractivity contribution is 0.226. The lowest BCUT2D eigenvalue weighted by Crippen LogP contribution is -2.39. The van der Waals surface area contributed by atoms with Crippen molar-refractivity contribution in [3.8, 4) is 17.3 Å². The summed E-state index contributed by atoms with van der Waals surface area (Å²) in [6.07, 6.45) is 7.78. The van der Waals surface area contributed by atoms with Crippen LogP contribution in [-0.4, -0.2) is 23.1 Å². The maximum absolute atomic E-state index is 9.70. The van der Waals surface area contributed by atoms with Crippen molar-refractivity contribution in [2.24, 2.45) is 5.41 Å². The van der Waals surface area contributed by atoms with Gasteiger partial charge in [-0.2, -0.15) is 5.26 Å². The molecule has 2 aromatic rings. The van der Waals surface area contributed by atoms with Crippen LogP contribution in [0.15, 0.2) is 18.2 Å². The second-order valence-electron chi connectivity index (χ2n) is 7.74. The van der Waals surface area contributed by atoms with E-state index in [4.69, 9.17) is 28.2 Å². The molecule has 1 aromatic carbocycles. The van der Waals surface area contributed by atoms with Crippen LogP contribution in [0.25, 0.3) is 11.3 Å². The van der Waals surface area contributed by atoms with E-state index in [1.807, 2.05) is 19.1 Å². The molecule has 0 N–H and O–H groups in total. The Morgan fingerprint density at radius 3 is 2.44 bits per heavy atom. The van der Waals surface area contributed by atoms with Gasteiger partial charge in [-0.3, -0.25) is 0 Å². The highest BCUT2D eigenvalue weighted by Crippen LogP contribution is 2.46. The number of benzene rings is 1. The van der Waals surface area contributed by atoms with Gasteiger partial charge >= 0.3 is 0 Å². The molecule has 1 aliphatic carbocycles. The van der Waals surface area contributed by atoms with Gasteiger partial charge < -0.3 is 4.90 Å². The van der Waals surface area contributed by atoms with Crippen LogP contribution in [0.2, 0.25) is 10.0 Å². The van der Waals surface area contributed by atoms with E-state index in [1.54, 1.807) is 6.07 Å². The molecular formula is C21H22Cl2N4. The minimum absolute atomic E-state index is 0.356. The highest BCUT2D eigenvalue weighted by Gasteiger charge is 2.37. The van der Waals surface area contributed by atoms with Gasteiger partial charge in [0.1, 0.15) is 6.07 Å². The SMILES string of the molecule is Cc1nc(N2CCC3(CCCC3)CC2)c(C#N)nc1-c1cccc(Cl)c1Cl. The number of nitrogens with zero attached hydrogens (tertiary/aromatic N) is 4. The third-order valence-electron chi connectivity index (χ3n) is 6.15. The zero-order valence-corrected chi connectivity index (χ0v) is 16.9. The summed E-state index contributed by atoms with van der Waals surface area (Å²) in [5.41, 5.74) is 2.97. The van der Waals surface area contributed by atoms with Crippen molar-refractivity contribution in [3.63, 3.8) is 0 Å². The molecule has 2 fully saturated rings. The molecule has 2 aliphatic rings. The molecule has 0 atom stereocenters. The van der Waals surface area contributed by atoms with Gasteiger partial charge in [-0.05, 0) is 44.1 Å². The number of hydrogen-bond donors (Lipinski definition) is 0. The first-order valence-corrected chi connectivity index (χ1v) is 10.3. The molecule has 1 aliphatic heterocycles. The Morgan fingerprint density at radius 2 is 1.78 bits per heavy atom. The fourth-order valence-corrected chi connectivity index (χ4v) is 4.95. The molecule has 1 saturated carbocycles. The quantitative estimate of drug-likeness (QED) is 0.639. The number of piperidine rings is 1. The van der Waals surface area contributed by atoms with Crippen molar-refractivity contribution < 1.29 is 0 Å². The van der Waals surface area contributed by atoms with Gasteiger partial charge in [-0.25, -0.2) is 9.97 Å². The molecule has 0 radical (unpaired) electrons. The molecule has 0 bridgehead atoms. The van der Waals surface area contributed by atoms with Gasteiger partial charge in [0.15, 0.2) is 11.5 Å². The summed E-state index contributed by atoms with van der Waals surface area (Å²) in [4.78, 5) is 11.6. The van der Waals surface area contributed by atoms with Gasteiger partial charge in [-0.15, -0.1) is 0 Å². The maximum Gasteiger partial charge on any atom is 0.183 e. The van der Waals surface area contributed by atoms with Crippen molar-refractivity contribution in [1.29, 1.82) is 5.26 Å². The number of halogens is 2. The van der Waals surface area contributed by atoms with Crippen molar-refractivity contribution in [2.75, 3.05) is 18.0 Å². The Kier molecular flexibility index (Phi) is 5.01. The molecule has 0 amide bonds. The largest absolute Gasteiger partial charge is 0.354 e. The number of hydrogen-bond acceptors (Lipinski definition) is 4. The predicted molar refractivity (Wildman–Crippen MR) is 109 cm³/mol. The van der Waals surface area contributed by atoms with Gasteiger partial charge in [0.05, 0.1) is 21.4 Å². The zero-order chi connectivity index (χ0) is 19.0. The highest BCUT2D eigenvalue weighted by molar-refractivity contribution is 6.43. The lowest BCUT2D eigenvalue weighted by atomic mass is 9.77. The van der Waals surface area contributed by atoms with E-state index in [0.717, 1.165) is 18.8 Å². The summed E-state index contributed by atoms with van der Waals surface area (Å²) >= 11 is 12.5. The van der Waals surface area contributed by atoms with E-state index < -0.39 is 0 Å². The van der Waals surface area contributed by atoms with Crippen LogP contribution in [0.1, 0.15) is 49.9 Å². The maximum atomic E-state index is 9.70. The Labute approximate surface area is 170 Å². The molecule has 4 rings (SSSR count). The molecule has 2 heterocycles. The summed E-state index contributed by atoms with van der Waals surface area (Å²) in [7, 11) is 0. The second-order valence-corrected chi connectivity index (χ2v) is 8.52. The molecular weight excluding hydrogens is 379 g/mol. The van der Waals surface area contributed by atoms with E-state index in [1.165, 1.54) is 38.5 Å². The van der Waals surface area contributed by atoms with Crippen LogP contribution in [0.3, 0.4) is 0 Å². The van der Waals surface area contributed by atoms with Gasteiger partial charge in [-0.1, -0.05) is 48.2 Å². The summed E-state index contributed by atoms with van der Waals surface area (Å²) in [6, 6.07) is 7.66. The van der Waals surface area contributed by atoms with Gasteiger partial charge in [0.2, 0.25) is 0 Å². The number of rotatable bonds is 2. The van der Waals surface area contributed by atoms with Gasteiger partial charge in [0.25, 0.3) is 0 Å². The minimum Gasteiger partial charge on any atom is -0.354 e. The number of nitriles is 1. The third-order valence-corrected chi connectivity index (χ3v) is 6.97. The average Bonchev–Trinajstić information content (AvgIpc) is 3.13. The summed E-state index contributed by atoms with van der Waals surface area (Å²) in [5.74, 6) is 0.699. The molecule has 1 saturated heterocycles. The zero-order valence-electron chi connectivity index (χ0n) is 15.4. The lowest BCUT2D eigenvalue weighted by Gasteiger charge is -2.40. The van der Waals surface area contributed by atoms with Crippen molar-refractivity contribution in [2.45, 2.75) is 45.4 Å². The molecule has 6 heteroatoms. The monoisotopic (exact) mass is 400 g/mol. The Hall–Kier alpha value is -1.83. The van der Waals surface area contributed by atoms with E-state index >= 15 is 0 Å². The van der Waals surface area contributed by atoms with E-state index in [-0.39, 0.29) is 0 Å². The third kappa shape index (κ3) is 3.39. The first-order valence-electron chi connectivity index (χ1n) is 9.51. The van der Waals surface area contributed by atoms with E-state index in [9.17, 15) is 5.26 Å². The molecule has 0 unspecified atom stereocenters. The van der Waals surface area contributed by atoms with Crippen LogP contribution in [-0.2, 0) is 0 Å². The Balaban J connectivity index is 1.66. The fraction of sp³-hybridized carbons (Fsp3) is 0.476. The first kappa shape index (κ1) is 18.5. The van der Waals surface area contributed by atoms with Crippen LogP contribution in [0.4, 0.5) is 5.82 Å². The predicted octanol–water partition coefficient (Wildman–Crippen LogP) is 5.79. The van der Waals surface area contributed by atoms with Crippen molar-refractivity contribution >= 4 is 29.0 Å². The number of aromatic nitrogens is 2. The summed E-state index contributed by atoms with van der Waals surface area (Å²) in [5, 5.41) is 10.6. The van der Waals surface area contributed by atoms with Gasteiger partial charge in [0, 0.05) is 18.7 Å². The standard InChI is InChI=1S/C21H22Cl2N4/c1-14-19(15-5-4-6-16(22)18(15)23)26-17(13-24)20(25-14)27-11-9-21(10-12-27)7-2-3-8-21/h4-6H,2-3,7-12H2,1H3. The number of anilines is 1. The van der Waals surface area contributed by atoms with E-state index in [2.05, 4.69) is 16.0 Å². The Bertz CT molecular complexity index is 903. The molecule has 1 spiro atoms. The molecule has 140 valence electrons. The smallest absolute Gasteiger partial charge is 0.183 e. The highest BCUT2D eigenvalue weighted by atomic mass is 35.5. The molecule has 1 aromatic heterocycles. The van der Waals surface area contributed by atoms with E-state index in [0.29, 0.717) is 38.2 Å². The topological polar surface area (TPSA) is 52.8 Å². The van der Waals surface area contributed by atoms with Crippen molar-refractivity contribution in [1.82, 2.24) is 9.97 Å². The summed E-state index contributed by atoms with van der Waals surface area (Å²) < 4.78 is 0. The van der Waals surface area contributed by atoms with Crippen molar-refractivity contribution in [3.05, 3.63) is 39.6 Å². The summed E-state index contributed by atoms with van der Waals surface area (Å²) in [6.45, 7) is 3.80. The normalized spacial score (nSPS) is 18.7. The molecule has 27 heavy (non-hydrogen) atoms. The fourth-order valence-electron chi connectivity index (χ4n) is 4.56. The average molecular weight is 401 g/mol. The van der Waals surface area contributed by atoms with Crippen LogP contribution < -0.4 is 4.90 Å². The van der Waals surface area contributed by atoms with Crippen LogP contribution in [0.5, 0.6) is 0 Å². The second kappa shape index (κ2) is 7.30. The first-order chi connectivity index (χ1) is 13.0. The number of aryl methyl sites for hydroxylation is 1. The Morgan fingerprint density at radius 1 is 1.07 bits per heavy atom. The van der Waals surface area contributed by atoms with Crippen LogP contribution in [0, 0.1) is 23.7 Å².